The molecule has 1 rings (SSSR count). The number of rotatable bonds is 6. The van der Waals surface area contributed by atoms with Gasteiger partial charge in [-0.15, -0.1) is 0 Å². The maximum Gasteiger partial charge on any atom is 0.0612 e. The van der Waals surface area contributed by atoms with Gasteiger partial charge in [-0.05, 0) is 58.1 Å². The lowest BCUT2D eigenvalue weighted by Gasteiger charge is -2.40. The highest BCUT2D eigenvalue weighted by atomic mass is 32.2. The first-order valence-electron chi connectivity index (χ1n) is 6.31. The summed E-state index contributed by atoms with van der Waals surface area (Å²) in [5.41, 5.74) is 0.0157. The van der Waals surface area contributed by atoms with Gasteiger partial charge >= 0.3 is 0 Å². The highest BCUT2D eigenvalue weighted by Gasteiger charge is 2.32. The predicted molar refractivity (Wildman–Crippen MR) is 73.2 cm³/mol. The summed E-state index contributed by atoms with van der Waals surface area (Å²) in [7, 11) is 0. The summed E-state index contributed by atoms with van der Waals surface area (Å²) in [6, 6.07) is 0.691. The van der Waals surface area contributed by atoms with E-state index in [1.165, 1.54) is 18.6 Å². The summed E-state index contributed by atoms with van der Waals surface area (Å²) < 4.78 is 5.91. The quantitative estimate of drug-likeness (QED) is 0.777. The van der Waals surface area contributed by atoms with Gasteiger partial charge in [-0.3, -0.25) is 0 Å². The first-order chi connectivity index (χ1) is 7.40. The van der Waals surface area contributed by atoms with Crippen molar-refractivity contribution in [1.82, 2.24) is 5.32 Å². The second kappa shape index (κ2) is 6.27. The lowest BCUT2D eigenvalue weighted by Crippen LogP contribution is -2.48. The third-order valence-corrected chi connectivity index (χ3v) is 3.72. The monoisotopic (exact) mass is 245 g/mol. The predicted octanol–water partition coefficient (Wildman–Crippen LogP) is 2.92. The fourth-order valence-electron chi connectivity index (χ4n) is 2.04. The van der Waals surface area contributed by atoms with E-state index in [4.69, 9.17) is 4.74 Å². The summed E-state index contributed by atoms with van der Waals surface area (Å²) in [6.45, 7) is 9.86. The van der Waals surface area contributed by atoms with Gasteiger partial charge in [0.15, 0.2) is 0 Å². The van der Waals surface area contributed by atoms with Crippen LogP contribution >= 0.6 is 11.8 Å². The van der Waals surface area contributed by atoms with E-state index in [0.29, 0.717) is 12.1 Å². The Hall–Kier alpha value is 0.270. The molecule has 0 aromatic heterocycles. The van der Waals surface area contributed by atoms with E-state index >= 15 is 0 Å². The normalized spacial score (nSPS) is 27.6. The van der Waals surface area contributed by atoms with Crippen molar-refractivity contribution in [3.05, 3.63) is 0 Å². The highest BCUT2D eigenvalue weighted by Crippen LogP contribution is 2.27. The Morgan fingerprint density at radius 3 is 2.50 bits per heavy atom. The Morgan fingerprint density at radius 1 is 1.38 bits per heavy atom. The fourth-order valence-corrected chi connectivity index (χ4v) is 2.73. The van der Waals surface area contributed by atoms with Crippen LogP contribution in [0.3, 0.4) is 0 Å². The van der Waals surface area contributed by atoms with Crippen molar-refractivity contribution in [2.45, 2.75) is 58.3 Å². The van der Waals surface area contributed by atoms with Gasteiger partial charge in [0.2, 0.25) is 0 Å². The van der Waals surface area contributed by atoms with Crippen molar-refractivity contribution in [2.24, 2.45) is 5.92 Å². The van der Waals surface area contributed by atoms with Crippen LogP contribution in [0.25, 0.3) is 0 Å². The van der Waals surface area contributed by atoms with Crippen LogP contribution in [0.15, 0.2) is 0 Å². The lowest BCUT2D eigenvalue weighted by atomic mass is 9.88. The molecule has 1 aliphatic carbocycles. The Balaban J connectivity index is 2.04. The van der Waals surface area contributed by atoms with E-state index in [1.54, 1.807) is 0 Å². The molecule has 96 valence electrons. The van der Waals surface area contributed by atoms with Crippen molar-refractivity contribution in [3.63, 3.8) is 0 Å². The summed E-state index contributed by atoms with van der Waals surface area (Å²) in [6.07, 6.45) is 5.02. The molecule has 1 aliphatic rings. The van der Waals surface area contributed by atoms with Crippen molar-refractivity contribution in [2.75, 3.05) is 18.6 Å². The van der Waals surface area contributed by atoms with Gasteiger partial charge in [-0.25, -0.2) is 0 Å². The molecule has 0 bridgehead atoms. The molecule has 1 fully saturated rings. The van der Waals surface area contributed by atoms with E-state index < -0.39 is 0 Å². The molecule has 0 saturated heterocycles. The molecule has 1 N–H and O–H groups in total. The number of ether oxygens (including phenoxy) is 1. The number of hydrogen-bond acceptors (Lipinski definition) is 3. The van der Waals surface area contributed by atoms with Crippen LogP contribution in [0, 0.1) is 5.92 Å². The van der Waals surface area contributed by atoms with Crippen molar-refractivity contribution in [3.8, 4) is 0 Å². The zero-order chi connectivity index (χ0) is 12.2. The molecule has 16 heavy (non-hydrogen) atoms. The van der Waals surface area contributed by atoms with E-state index in [1.807, 2.05) is 11.8 Å². The van der Waals surface area contributed by atoms with Gasteiger partial charge in [0, 0.05) is 6.04 Å². The molecular weight excluding hydrogens is 218 g/mol. The lowest BCUT2D eigenvalue weighted by molar-refractivity contribution is -0.102. The Morgan fingerprint density at radius 2 is 2.00 bits per heavy atom. The van der Waals surface area contributed by atoms with E-state index in [0.717, 1.165) is 12.5 Å². The minimum atomic E-state index is 0.0157. The van der Waals surface area contributed by atoms with Crippen LogP contribution in [-0.2, 0) is 4.74 Å². The Labute approximate surface area is 105 Å². The topological polar surface area (TPSA) is 21.3 Å². The molecule has 0 amide bonds. The second-order valence-electron chi connectivity index (χ2n) is 5.99. The maximum absolute atomic E-state index is 5.91. The summed E-state index contributed by atoms with van der Waals surface area (Å²) in [5, 5.41) is 3.63. The van der Waals surface area contributed by atoms with Crippen molar-refractivity contribution >= 4 is 11.8 Å². The molecule has 0 heterocycles. The molecule has 2 nitrogen and oxygen atoms in total. The zero-order valence-electron chi connectivity index (χ0n) is 11.4. The molecule has 0 aliphatic heterocycles. The van der Waals surface area contributed by atoms with Gasteiger partial charge < -0.3 is 10.1 Å². The molecule has 0 aromatic rings. The standard InChI is InChI=1S/C13H27NOS/c1-10(9-16-5)8-14-11-6-12(7-11)15-13(2,3)4/h10-12,14H,6-9H2,1-5H3. The smallest absolute Gasteiger partial charge is 0.0612 e. The van der Waals surface area contributed by atoms with Crippen molar-refractivity contribution in [1.29, 1.82) is 0 Å². The minimum Gasteiger partial charge on any atom is -0.373 e. The van der Waals surface area contributed by atoms with Gasteiger partial charge in [0.05, 0.1) is 11.7 Å². The molecule has 1 saturated carbocycles. The molecule has 0 aromatic carbocycles. The summed E-state index contributed by atoms with van der Waals surface area (Å²) in [4.78, 5) is 0. The van der Waals surface area contributed by atoms with Gasteiger partial charge in [0.1, 0.15) is 0 Å². The van der Waals surface area contributed by atoms with Crippen LogP contribution in [-0.4, -0.2) is 36.3 Å². The number of thioether (sulfide) groups is 1. The van der Waals surface area contributed by atoms with Gasteiger partial charge in [-0.1, -0.05) is 6.92 Å². The molecule has 0 spiro atoms. The molecule has 0 radical (unpaired) electrons. The first-order valence-corrected chi connectivity index (χ1v) is 7.70. The average molecular weight is 245 g/mol. The van der Waals surface area contributed by atoms with Crippen LogP contribution in [0.5, 0.6) is 0 Å². The Bertz CT molecular complexity index is 197. The van der Waals surface area contributed by atoms with E-state index in [-0.39, 0.29) is 5.60 Å². The number of hydrogen-bond donors (Lipinski definition) is 1. The summed E-state index contributed by atoms with van der Waals surface area (Å²) >= 11 is 1.93. The molecule has 1 atom stereocenters. The van der Waals surface area contributed by atoms with E-state index in [2.05, 4.69) is 39.3 Å². The maximum atomic E-state index is 5.91. The third-order valence-electron chi connectivity index (χ3n) is 2.82. The average Bonchev–Trinajstić information content (AvgIpc) is 2.07. The molecule has 1 unspecified atom stereocenters. The molecule has 3 heteroatoms. The first kappa shape index (κ1) is 14.3. The SMILES string of the molecule is CSCC(C)CNC1CC(OC(C)(C)C)C1. The molecular formula is C13H27NOS. The second-order valence-corrected chi connectivity index (χ2v) is 6.90. The zero-order valence-corrected chi connectivity index (χ0v) is 12.2. The number of nitrogens with one attached hydrogen (secondary N) is 1. The van der Waals surface area contributed by atoms with Crippen molar-refractivity contribution < 1.29 is 4.74 Å². The highest BCUT2D eigenvalue weighted by molar-refractivity contribution is 7.98. The van der Waals surface area contributed by atoms with Crippen LogP contribution in [0.4, 0.5) is 0 Å². The Kier molecular flexibility index (Phi) is 5.62. The van der Waals surface area contributed by atoms with E-state index in [9.17, 15) is 0 Å². The fraction of sp³-hybridized carbons (Fsp3) is 1.00. The van der Waals surface area contributed by atoms with Crippen LogP contribution in [0.2, 0.25) is 0 Å². The minimum absolute atomic E-state index is 0.0157. The summed E-state index contributed by atoms with van der Waals surface area (Å²) in [5.74, 6) is 2.03. The van der Waals surface area contributed by atoms with Gasteiger partial charge in [0.25, 0.3) is 0 Å². The van der Waals surface area contributed by atoms with Crippen LogP contribution < -0.4 is 5.32 Å². The largest absolute Gasteiger partial charge is 0.373 e. The van der Waals surface area contributed by atoms with Crippen LogP contribution in [0.1, 0.15) is 40.5 Å². The third kappa shape index (κ3) is 5.55. The van der Waals surface area contributed by atoms with Gasteiger partial charge in [-0.2, -0.15) is 11.8 Å².